The second-order valence-corrected chi connectivity index (χ2v) is 6.49. The molecule has 0 spiro atoms. The molecule has 0 aliphatic rings. The molecule has 0 atom stereocenters. The highest BCUT2D eigenvalue weighted by atomic mass is 16.5. The van der Waals surface area contributed by atoms with Gasteiger partial charge in [-0.3, -0.25) is 9.59 Å². The molecule has 0 saturated heterocycles. The number of hydrogen-bond donors (Lipinski definition) is 2. The van der Waals surface area contributed by atoms with Crippen molar-refractivity contribution in [3.63, 3.8) is 0 Å². The van der Waals surface area contributed by atoms with E-state index in [-0.39, 0.29) is 24.2 Å². The number of carbonyl (C=O) groups excluding carboxylic acids is 2. The molecule has 7 heteroatoms. The van der Waals surface area contributed by atoms with Crippen molar-refractivity contribution in [2.45, 2.75) is 13.0 Å². The summed E-state index contributed by atoms with van der Waals surface area (Å²) in [7, 11) is 0. The molecular formula is C23H24N2O5. The van der Waals surface area contributed by atoms with Gasteiger partial charge in [0, 0.05) is 24.9 Å². The van der Waals surface area contributed by atoms with E-state index in [1.54, 1.807) is 36.4 Å². The Hall–Kier alpha value is -3.58. The Morgan fingerprint density at radius 3 is 2.63 bits per heavy atom. The van der Waals surface area contributed by atoms with Crippen molar-refractivity contribution in [1.82, 2.24) is 5.32 Å². The first kappa shape index (κ1) is 21.1. The van der Waals surface area contributed by atoms with E-state index in [1.165, 1.54) is 6.26 Å². The van der Waals surface area contributed by atoms with E-state index in [2.05, 4.69) is 10.6 Å². The maximum atomic E-state index is 12.0. The van der Waals surface area contributed by atoms with Crippen LogP contribution in [0.5, 0.6) is 5.75 Å². The van der Waals surface area contributed by atoms with Crippen LogP contribution in [0, 0.1) is 0 Å². The average molecular weight is 408 g/mol. The minimum atomic E-state index is -0.357. The lowest BCUT2D eigenvalue weighted by atomic mass is 10.2. The monoisotopic (exact) mass is 408 g/mol. The summed E-state index contributed by atoms with van der Waals surface area (Å²) in [5.41, 5.74) is 1.67. The molecule has 2 aromatic carbocycles. The smallest absolute Gasteiger partial charge is 0.291 e. The second-order valence-electron chi connectivity index (χ2n) is 6.49. The molecule has 2 amide bonds. The Bertz CT molecular complexity index is 926. The van der Waals surface area contributed by atoms with Crippen molar-refractivity contribution in [3.8, 4) is 5.75 Å². The summed E-state index contributed by atoms with van der Waals surface area (Å²) >= 11 is 0. The van der Waals surface area contributed by atoms with E-state index >= 15 is 0 Å². The van der Waals surface area contributed by atoms with Gasteiger partial charge in [0.2, 0.25) is 0 Å². The van der Waals surface area contributed by atoms with Crippen molar-refractivity contribution in [3.05, 3.63) is 84.3 Å². The first-order valence-electron chi connectivity index (χ1n) is 9.67. The number of carbonyl (C=O) groups is 2. The van der Waals surface area contributed by atoms with Crippen LogP contribution in [0.15, 0.2) is 77.4 Å². The molecule has 1 heterocycles. The molecule has 1 aromatic heterocycles. The quantitative estimate of drug-likeness (QED) is 0.473. The van der Waals surface area contributed by atoms with Crippen LogP contribution in [0.2, 0.25) is 0 Å². The zero-order chi connectivity index (χ0) is 21.0. The zero-order valence-corrected chi connectivity index (χ0v) is 16.5. The number of rotatable bonds is 11. The Morgan fingerprint density at radius 2 is 1.83 bits per heavy atom. The number of benzene rings is 2. The number of hydrogen-bond acceptors (Lipinski definition) is 5. The molecule has 0 aliphatic carbocycles. The van der Waals surface area contributed by atoms with Crippen LogP contribution in [-0.4, -0.2) is 31.6 Å². The van der Waals surface area contributed by atoms with E-state index in [0.717, 1.165) is 5.56 Å². The average Bonchev–Trinajstić information content (AvgIpc) is 3.31. The summed E-state index contributed by atoms with van der Waals surface area (Å²) < 4.78 is 16.1. The van der Waals surface area contributed by atoms with Crippen molar-refractivity contribution < 1.29 is 23.5 Å². The number of nitrogens with one attached hydrogen (secondary N) is 2. The highest BCUT2D eigenvalue weighted by Crippen LogP contribution is 2.18. The van der Waals surface area contributed by atoms with Gasteiger partial charge in [-0.15, -0.1) is 0 Å². The molecular weight excluding hydrogens is 384 g/mol. The standard InChI is InChI=1S/C23H24N2O5/c26-22(24-12-6-13-28-16-18-7-2-1-3-8-18)17-30-20-10-4-9-19(15-20)25-23(27)21-11-5-14-29-21/h1-5,7-11,14-15H,6,12-13,16-17H2,(H,24,26)(H,25,27). The van der Waals surface area contributed by atoms with Gasteiger partial charge in [-0.1, -0.05) is 36.4 Å². The molecule has 3 aromatic rings. The van der Waals surface area contributed by atoms with E-state index in [1.807, 2.05) is 30.3 Å². The second kappa shape index (κ2) is 11.4. The Morgan fingerprint density at radius 1 is 0.967 bits per heavy atom. The highest BCUT2D eigenvalue weighted by molar-refractivity contribution is 6.02. The third kappa shape index (κ3) is 7.10. The molecule has 2 N–H and O–H groups in total. The van der Waals surface area contributed by atoms with Crippen molar-refractivity contribution in [1.29, 1.82) is 0 Å². The summed E-state index contributed by atoms with van der Waals surface area (Å²) in [5.74, 6) is 0.120. The van der Waals surface area contributed by atoms with Gasteiger partial charge in [0.1, 0.15) is 5.75 Å². The summed E-state index contributed by atoms with van der Waals surface area (Å²) in [6.07, 6.45) is 2.15. The van der Waals surface area contributed by atoms with Gasteiger partial charge in [0.25, 0.3) is 11.8 Å². The zero-order valence-electron chi connectivity index (χ0n) is 16.5. The van der Waals surface area contributed by atoms with E-state index in [4.69, 9.17) is 13.9 Å². The van der Waals surface area contributed by atoms with Crippen molar-refractivity contribution in [2.75, 3.05) is 25.1 Å². The van der Waals surface area contributed by atoms with Crippen LogP contribution in [0.25, 0.3) is 0 Å². The van der Waals surface area contributed by atoms with Gasteiger partial charge in [-0.05, 0) is 36.2 Å². The lowest BCUT2D eigenvalue weighted by molar-refractivity contribution is -0.123. The van der Waals surface area contributed by atoms with Crippen LogP contribution in [0.3, 0.4) is 0 Å². The van der Waals surface area contributed by atoms with E-state index in [0.29, 0.717) is 37.6 Å². The molecule has 0 radical (unpaired) electrons. The molecule has 0 unspecified atom stereocenters. The maximum absolute atomic E-state index is 12.0. The van der Waals surface area contributed by atoms with Gasteiger partial charge in [0.05, 0.1) is 12.9 Å². The van der Waals surface area contributed by atoms with E-state index in [9.17, 15) is 9.59 Å². The molecule has 0 saturated carbocycles. The number of amides is 2. The lowest BCUT2D eigenvalue weighted by Gasteiger charge is -2.09. The molecule has 3 rings (SSSR count). The van der Waals surface area contributed by atoms with Crippen LogP contribution in [0.1, 0.15) is 22.5 Å². The van der Waals surface area contributed by atoms with Crippen molar-refractivity contribution >= 4 is 17.5 Å². The van der Waals surface area contributed by atoms with Gasteiger partial charge in [-0.25, -0.2) is 0 Å². The van der Waals surface area contributed by atoms with Crippen LogP contribution < -0.4 is 15.4 Å². The molecule has 30 heavy (non-hydrogen) atoms. The summed E-state index contributed by atoms with van der Waals surface area (Å²) in [5, 5.41) is 5.50. The lowest BCUT2D eigenvalue weighted by Crippen LogP contribution is -2.30. The van der Waals surface area contributed by atoms with Gasteiger partial charge in [-0.2, -0.15) is 0 Å². The first-order valence-corrected chi connectivity index (χ1v) is 9.67. The predicted molar refractivity (Wildman–Crippen MR) is 112 cm³/mol. The minimum Gasteiger partial charge on any atom is -0.484 e. The molecule has 156 valence electrons. The van der Waals surface area contributed by atoms with Crippen LogP contribution in [0.4, 0.5) is 5.69 Å². The SMILES string of the molecule is O=C(COc1cccc(NC(=O)c2ccco2)c1)NCCCOCc1ccccc1. The number of anilines is 1. The van der Waals surface area contributed by atoms with Gasteiger partial charge >= 0.3 is 0 Å². The Kier molecular flexibility index (Phi) is 8.05. The topological polar surface area (TPSA) is 89.8 Å². The Balaban J connectivity index is 1.31. The van der Waals surface area contributed by atoms with Gasteiger partial charge < -0.3 is 24.5 Å². The van der Waals surface area contributed by atoms with Gasteiger partial charge in [0.15, 0.2) is 12.4 Å². The van der Waals surface area contributed by atoms with Crippen molar-refractivity contribution in [2.24, 2.45) is 0 Å². The van der Waals surface area contributed by atoms with Crippen LogP contribution in [-0.2, 0) is 16.1 Å². The minimum absolute atomic E-state index is 0.111. The summed E-state index contributed by atoms with van der Waals surface area (Å²) in [6, 6.07) is 20.0. The Labute approximate surface area is 175 Å². The molecule has 0 aliphatic heterocycles. The highest BCUT2D eigenvalue weighted by Gasteiger charge is 2.09. The first-order chi connectivity index (χ1) is 14.7. The fourth-order valence-corrected chi connectivity index (χ4v) is 2.63. The largest absolute Gasteiger partial charge is 0.484 e. The van der Waals surface area contributed by atoms with Crippen LogP contribution >= 0.6 is 0 Å². The van der Waals surface area contributed by atoms with E-state index < -0.39 is 0 Å². The predicted octanol–water partition coefficient (Wildman–Crippen LogP) is 3.63. The fourth-order valence-electron chi connectivity index (χ4n) is 2.63. The summed E-state index contributed by atoms with van der Waals surface area (Å²) in [4.78, 5) is 23.9. The summed E-state index contributed by atoms with van der Waals surface area (Å²) in [6.45, 7) is 1.52. The third-order valence-corrected chi connectivity index (χ3v) is 4.11. The maximum Gasteiger partial charge on any atom is 0.291 e. The fraction of sp³-hybridized carbons (Fsp3) is 0.217. The third-order valence-electron chi connectivity index (χ3n) is 4.11. The molecule has 0 fully saturated rings. The number of ether oxygens (including phenoxy) is 2. The normalized spacial score (nSPS) is 10.4. The number of furan rings is 1. The molecule has 0 bridgehead atoms. The molecule has 7 nitrogen and oxygen atoms in total.